The maximum Gasteiger partial charge on any atom is 0.223 e. The highest BCUT2D eigenvalue weighted by atomic mass is 16.5. The first-order valence-electron chi connectivity index (χ1n) is 11.0. The van der Waals surface area contributed by atoms with Crippen molar-refractivity contribution < 1.29 is 9.53 Å². The molecule has 3 aromatic rings. The Morgan fingerprint density at radius 3 is 2.78 bits per heavy atom. The summed E-state index contributed by atoms with van der Waals surface area (Å²) in [7, 11) is 3.80. The van der Waals surface area contributed by atoms with E-state index in [4.69, 9.17) is 4.74 Å². The normalized spacial score (nSPS) is 11.2. The molecule has 0 aliphatic heterocycles. The Hall–Kier alpha value is -3.38. The lowest BCUT2D eigenvalue weighted by molar-refractivity contribution is -0.120. The predicted molar refractivity (Wildman–Crippen MR) is 129 cm³/mol. The van der Waals surface area contributed by atoms with Crippen molar-refractivity contribution in [2.24, 2.45) is 0 Å². The van der Waals surface area contributed by atoms with Crippen LogP contribution in [0, 0.1) is 0 Å². The fourth-order valence-corrected chi connectivity index (χ4v) is 3.38. The van der Waals surface area contributed by atoms with Crippen LogP contribution in [-0.2, 0) is 11.2 Å². The van der Waals surface area contributed by atoms with Gasteiger partial charge in [-0.1, -0.05) is 36.4 Å². The Bertz CT molecular complexity index is 981. The largest absolute Gasteiger partial charge is 0.497 e. The van der Waals surface area contributed by atoms with E-state index in [0.29, 0.717) is 13.0 Å². The van der Waals surface area contributed by atoms with Crippen molar-refractivity contribution in [1.82, 2.24) is 19.8 Å². The molecule has 0 atom stereocenters. The Morgan fingerprint density at radius 2 is 2.03 bits per heavy atom. The van der Waals surface area contributed by atoms with E-state index in [0.717, 1.165) is 42.9 Å². The van der Waals surface area contributed by atoms with Gasteiger partial charge < -0.3 is 19.5 Å². The summed E-state index contributed by atoms with van der Waals surface area (Å²) in [6, 6.07) is 16.3. The molecule has 1 heterocycles. The maximum atomic E-state index is 12.1. The van der Waals surface area contributed by atoms with Crippen molar-refractivity contribution in [2.75, 3.05) is 33.8 Å². The molecule has 6 nitrogen and oxygen atoms in total. The average Bonchev–Trinajstić information content (AvgIpc) is 3.36. The summed E-state index contributed by atoms with van der Waals surface area (Å²) in [4.78, 5) is 18.4. The molecule has 0 unspecified atom stereocenters. The molecule has 1 amide bonds. The smallest absolute Gasteiger partial charge is 0.223 e. The molecule has 0 saturated heterocycles. The molecule has 1 N–H and O–H groups in total. The van der Waals surface area contributed by atoms with Crippen LogP contribution in [0.5, 0.6) is 5.75 Å². The average molecular weight is 433 g/mol. The molecule has 0 spiro atoms. The first kappa shape index (κ1) is 23.3. The van der Waals surface area contributed by atoms with Gasteiger partial charge in [-0.2, -0.15) is 0 Å². The molecule has 1 aromatic heterocycles. The summed E-state index contributed by atoms with van der Waals surface area (Å²) in [5, 5.41) is 3.00. The van der Waals surface area contributed by atoms with Gasteiger partial charge in [0.05, 0.1) is 13.4 Å². The minimum atomic E-state index is 0.0512. The maximum absolute atomic E-state index is 12.1. The van der Waals surface area contributed by atoms with Gasteiger partial charge in [0, 0.05) is 37.6 Å². The second kappa shape index (κ2) is 12.5. The minimum Gasteiger partial charge on any atom is -0.497 e. The Kier molecular flexibility index (Phi) is 9.07. The third-order valence-corrected chi connectivity index (χ3v) is 5.26. The zero-order valence-electron chi connectivity index (χ0n) is 18.9. The van der Waals surface area contributed by atoms with Gasteiger partial charge in [-0.25, -0.2) is 4.98 Å². The lowest BCUT2D eigenvalue weighted by Crippen LogP contribution is -2.28. The number of amides is 1. The van der Waals surface area contributed by atoms with E-state index in [9.17, 15) is 4.79 Å². The summed E-state index contributed by atoms with van der Waals surface area (Å²) in [6.45, 7) is 2.61. The van der Waals surface area contributed by atoms with Crippen LogP contribution in [0.15, 0.2) is 73.3 Å². The number of likely N-dealkylation sites (N-methyl/N-ethyl adjacent to an activating group) is 1. The molecule has 0 radical (unpaired) electrons. The third-order valence-electron chi connectivity index (χ3n) is 5.26. The van der Waals surface area contributed by atoms with Gasteiger partial charge in [0.2, 0.25) is 5.91 Å². The molecular formula is C26H32N4O2. The standard InChI is InChI=1S/C26H32N4O2/c1-29(18-14-23-7-3-8-25(20-23)32-2)17-5-15-28-26(31)9-4-6-22-10-12-24(13-11-22)30-19-16-27-21-30/h3-4,6-8,10-13,16,19-21H,5,9,14-15,17-18H2,1-2H3,(H,28,31). The number of carbonyl (C=O) groups excluding carboxylic acids is 1. The van der Waals surface area contributed by atoms with Crippen molar-refractivity contribution in [2.45, 2.75) is 19.3 Å². The van der Waals surface area contributed by atoms with Crippen molar-refractivity contribution in [3.05, 3.63) is 84.5 Å². The molecule has 0 saturated carbocycles. The number of benzene rings is 2. The van der Waals surface area contributed by atoms with E-state index in [-0.39, 0.29) is 5.91 Å². The Balaban J connectivity index is 1.28. The van der Waals surface area contributed by atoms with Crippen LogP contribution in [0.4, 0.5) is 0 Å². The molecular weight excluding hydrogens is 400 g/mol. The first-order valence-corrected chi connectivity index (χ1v) is 11.0. The van der Waals surface area contributed by atoms with Gasteiger partial charge in [0.15, 0.2) is 0 Å². The summed E-state index contributed by atoms with van der Waals surface area (Å²) < 4.78 is 7.23. The van der Waals surface area contributed by atoms with E-state index < -0.39 is 0 Å². The molecule has 0 aliphatic rings. The van der Waals surface area contributed by atoms with E-state index in [1.165, 1.54) is 5.56 Å². The number of hydrogen-bond acceptors (Lipinski definition) is 4. The molecule has 0 bridgehead atoms. The lowest BCUT2D eigenvalue weighted by atomic mass is 10.1. The molecule has 0 fully saturated rings. The number of hydrogen-bond donors (Lipinski definition) is 1. The number of methoxy groups -OCH3 is 1. The number of rotatable bonds is 12. The number of imidazole rings is 1. The first-order chi connectivity index (χ1) is 15.6. The lowest BCUT2D eigenvalue weighted by Gasteiger charge is -2.16. The zero-order valence-corrected chi connectivity index (χ0v) is 18.9. The molecule has 0 aliphatic carbocycles. The third kappa shape index (κ3) is 7.71. The van der Waals surface area contributed by atoms with Gasteiger partial charge >= 0.3 is 0 Å². The monoisotopic (exact) mass is 432 g/mol. The number of nitrogens with zero attached hydrogens (tertiary/aromatic N) is 3. The van der Waals surface area contributed by atoms with Crippen molar-refractivity contribution in [3.63, 3.8) is 0 Å². The van der Waals surface area contributed by atoms with Crippen LogP contribution >= 0.6 is 0 Å². The summed E-state index contributed by atoms with van der Waals surface area (Å²) >= 11 is 0. The SMILES string of the molecule is COc1cccc(CCN(C)CCCNC(=O)CC=Cc2ccc(-n3ccnc3)cc2)c1. The van der Waals surface area contributed by atoms with Gasteiger partial charge in [-0.15, -0.1) is 0 Å². The Morgan fingerprint density at radius 1 is 1.19 bits per heavy atom. The quantitative estimate of drug-likeness (QED) is 0.440. The summed E-state index contributed by atoms with van der Waals surface area (Å²) in [5.41, 5.74) is 3.40. The fourth-order valence-electron chi connectivity index (χ4n) is 3.38. The summed E-state index contributed by atoms with van der Waals surface area (Å²) in [5.74, 6) is 0.948. The predicted octanol–water partition coefficient (Wildman–Crippen LogP) is 3.97. The van der Waals surface area contributed by atoms with Crippen LogP contribution in [0.2, 0.25) is 0 Å². The second-order valence-electron chi connectivity index (χ2n) is 7.78. The van der Waals surface area contributed by atoms with Crippen molar-refractivity contribution in [1.29, 1.82) is 0 Å². The molecule has 32 heavy (non-hydrogen) atoms. The molecule has 168 valence electrons. The highest BCUT2D eigenvalue weighted by Gasteiger charge is 2.02. The zero-order chi connectivity index (χ0) is 22.6. The van der Waals surface area contributed by atoms with E-state index in [1.54, 1.807) is 19.6 Å². The molecule has 6 heteroatoms. The number of aromatic nitrogens is 2. The molecule has 2 aromatic carbocycles. The van der Waals surface area contributed by atoms with Crippen molar-refractivity contribution >= 4 is 12.0 Å². The van der Waals surface area contributed by atoms with Gasteiger partial charge in [-0.05, 0) is 61.8 Å². The minimum absolute atomic E-state index is 0.0512. The second-order valence-corrected chi connectivity index (χ2v) is 7.78. The van der Waals surface area contributed by atoms with Crippen LogP contribution < -0.4 is 10.1 Å². The van der Waals surface area contributed by atoms with E-state index >= 15 is 0 Å². The van der Waals surface area contributed by atoms with E-state index in [2.05, 4.69) is 34.4 Å². The van der Waals surface area contributed by atoms with Crippen LogP contribution in [0.1, 0.15) is 24.0 Å². The van der Waals surface area contributed by atoms with Gasteiger partial charge in [-0.3, -0.25) is 4.79 Å². The van der Waals surface area contributed by atoms with Crippen LogP contribution in [0.25, 0.3) is 11.8 Å². The topological polar surface area (TPSA) is 59.4 Å². The summed E-state index contributed by atoms with van der Waals surface area (Å²) in [6.07, 6.45) is 11.6. The molecule has 3 rings (SSSR count). The van der Waals surface area contributed by atoms with E-state index in [1.807, 2.05) is 59.3 Å². The number of nitrogens with one attached hydrogen (secondary N) is 1. The van der Waals surface area contributed by atoms with Gasteiger partial charge in [0.25, 0.3) is 0 Å². The van der Waals surface area contributed by atoms with Gasteiger partial charge in [0.1, 0.15) is 5.75 Å². The van der Waals surface area contributed by atoms with Crippen LogP contribution in [0.3, 0.4) is 0 Å². The highest BCUT2D eigenvalue weighted by Crippen LogP contribution is 2.13. The number of ether oxygens (including phenoxy) is 1. The number of carbonyl (C=O) groups is 1. The van der Waals surface area contributed by atoms with Crippen molar-refractivity contribution in [3.8, 4) is 11.4 Å². The highest BCUT2D eigenvalue weighted by molar-refractivity contribution is 5.78. The van der Waals surface area contributed by atoms with Crippen LogP contribution in [-0.4, -0.2) is 54.1 Å². The Labute approximate surface area is 190 Å². The fraction of sp³-hybridized carbons (Fsp3) is 0.308.